The Hall–Kier alpha value is -0.570. The summed E-state index contributed by atoms with van der Waals surface area (Å²) in [5.41, 5.74) is 3.17. The minimum Gasteiger partial charge on any atom is -0.379 e. The fourth-order valence-corrected chi connectivity index (χ4v) is 3.78. The summed E-state index contributed by atoms with van der Waals surface area (Å²) in [5, 5.41) is 0. The van der Waals surface area contributed by atoms with Gasteiger partial charge in [0.05, 0.1) is 13.2 Å². The maximum Gasteiger partial charge on any atom is 0.0594 e. The van der Waals surface area contributed by atoms with Crippen molar-refractivity contribution in [2.24, 2.45) is 0 Å². The van der Waals surface area contributed by atoms with Crippen LogP contribution in [0, 0.1) is 6.92 Å². The van der Waals surface area contributed by atoms with Crippen molar-refractivity contribution in [2.75, 3.05) is 26.3 Å². The third-order valence-electron chi connectivity index (χ3n) is 4.89. The third kappa shape index (κ3) is 3.03. The maximum absolute atomic E-state index is 5.55. The molecular formula is C17H26ClNO. The van der Waals surface area contributed by atoms with Gasteiger partial charge in [0.25, 0.3) is 0 Å². The number of aryl methyl sites for hydroxylation is 1. The number of halogens is 1. The van der Waals surface area contributed by atoms with E-state index in [1.165, 1.54) is 43.2 Å². The predicted molar refractivity (Wildman–Crippen MR) is 85.6 cm³/mol. The van der Waals surface area contributed by atoms with Crippen molar-refractivity contribution in [3.05, 3.63) is 35.4 Å². The van der Waals surface area contributed by atoms with Crippen LogP contribution in [0.4, 0.5) is 0 Å². The van der Waals surface area contributed by atoms with Crippen LogP contribution >= 0.6 is 12.4 Å². The van der Waals surface area contributed by atoms with Crippen LogP contribution in [0.15, 0.2) is 24.3 Å². The Kier molecular flexibility index (Phi) is 5.48. The zero-order valence-electron chi connectivity index (χ0n) is 12.4. The molecular weight excluding hydrogens is 270 g/mol. The Morgan fingerprint density at radius 3 is 2.15 bits per heavy atom. The quantitative estimate of drug-likeness (QED) is 0.820. The Bertz CT molecular complexity index is 406. The highest BCUT2D eigenvalue weighted by molar-refractivity contribution is 5.85. The minimum absolute atomic E-state index is 0. The van der Waals surface area contributed by atoms with Crippen molar-refractivity contribution >= 4 is 12.4 Å². The maximum atomic E-state index is 5.55. The normalized spacial score (nSPS) is 23.1. The summed E-state index contributed by atoms with van der Waals surface area (Å²) < 4.78 is 5.55. The first kappa shape index (κ1) is 15.8. The second-order valence-corrected chi connectivity index (χ2v) is 6.06. The van der Waals surface area contributed by atoms with E-state index in [4.69, 9.17) is 4.74 Å². The van der Waals surface area contributed by atoms with E-state index in [0.29, 0.717) is 0 Å². The number of hydrogen-bond acceptors (Lipinski definition) is 2. The first-order chi connectivity index (χ1) is 9.31. The molecule has 2 nitrogen and oxygen atoms in total. The van der Waals surface area contributed by atoms with Crippen LogP contribution in [-0.2, 0) is 10.3 Å². The molecule has 112 valence electrons. The molecule has 0 bridgehead atoms. The molecule has 20 heavy (non-hydrogen) atoms. The largest absolute Gasteiger partial charge is 0.379 e. The van der Waals surface area contributed by atoms with Crippen molar-refractivity contribution in [2.45, 2.75) is 44.6 Å². The van der Waals surface area contributed by atoms with Crippen LogP contribution in [0.25, 0.3) is 0 Å². The minimum atomic E-state index is 0. The van der Waals surface area contributed by atoms with E-state index in [-0.39, 0.29) is 17.9 Å². The lowest BCUT2D eigenvalue weighted by atomic mass is 9.75. The SMILES string of the molecule is Cc1ccc(C2(N3CCOCC3)CCCCC2)cc1.Cl. The van der Waals surface area contributed by atoms with Crippen LogP contribution in [-0.4, -0.2) is 31.2 Å². The van der Waals surface area contributed by atoms with Gasteiger partial charge in [-0.15, -0.1) is 12.4 Å². The average Bonchev–Trinajstić information content (AvgIpc) is 2.49. The van der Waals surface area contributed by atoms with E-state index in [1.54, 1.807) is 0 Å². The Balaban J connectivity index is 0.00000147. The molecule has 0 N–H and O–H groups in total. The number of morpholine rings is 1. The molecule has 3 heteroatoms. The van der Waals surface area contributed by atoms with Crippen LogP contribution in [0.3, 0.4) is 0 Å². The summed E-state index contributed by atoms with van der Waals surface area (Å²) in [5.74, 6) is 0. The number of rotatable bonds is 2. The van der Waals surface area contributed by atoms with Gasteiger partial charge in [-0.1, -0.05) is 49.1 Å². The molecule has 1 aliphatic carbocycles. The lowest BCUT2D eigenvalue weighted by Crippen LogP contribution is -2.52. The van der Waals surface area contributed by atoms with Crippen LogP contribution in [0.2, 0.25) is 0 Å². The van der Waals surface area contributed by atoms with E-state index in [1.807, 2.05) is 0 Å². The zero-order valence-corrected chi connectivity index (χ0v) is 13.3. The molecule has 1 saturated carbocycles. The van der Waals surface area contributed by atoms with Gasteiger partial charge in [0, 0.05) is 18.6 Å². The number of benzene rings is 1. The van der Waals surface area contributed by atoms with E-state index < -0.39 is 0 Å². The smallest absolute Gasteiger partial charge is 0.0594 e. The van der Waals surface area contributed by atoms with E-state index in [2.05, 4.69) is 36.1 Å². The second-order valence-electron chi connectivity index (χ2n) is 6.06. The molecule has 0 spiro atoms. The molecule has 0 aromatic heterocycles. The van der Waals surface area contributed by atoms with Crippen molar-refractivity contribution in [3.8, 4) is 0 Å². The molecule has 0 atom stereocenters. The van der Waals surface area contributed by atoms with Crippen molar-refractivity contribution in [3.63, 3.8) is 0 Å². The Morgan fingerprint density at radius 2 is 1.55 bits per heavy atom. The zero-order chi connectivity index (χ0) is 13.1. The molecule has 1 aromatic carbocycles. The summed E-state index contributed by atoms with van der Waals surface area (Å²) in [6, 6.07) is 9.25. The summed E-state index contributed by atoms with van der Waals surface area (Å²) in [6.07, 6.45) is 6.76. The first-order valence-corrected chi connectivity index (χ1v) is 7.71. The highest BCUT2D eigenvalue weighted by Gasteiger charge is 2.39. The predicted octanol–water partition coefficient (Wildman–Crippen LogP) is 3.91. The molecule has 1 aliphatic heterocycles. The van der Waals surface area contributed by atoms with E-state index in [9.17, 15) is 0 Å². The molecule has 1 heterocycles. The van der Waals surface area contributed by atoms with Crippen molar-refractivity contribution < 1.29 is 4.74 Å². The molecule has 3 rings (SSSR count). The lowest BCUT2D eigenvalue weighted by molar-refractivity contribution is -0.0404. The van der Waals surface area contributed by atoms with Gasteiger partial charge < -0.3 is 4.74 Å². The summed E-state index contributed by atoms with van der Waals surface area (Å²) in [7, 11) is 0. The Morgan fingerprint density at radius 1 is 0.950 bits per heavy atom. The van der Waals surface area contributed by atoms with Gasteiger partial charge in [0.2, 0.25) is 0 Å². The van der Waals surface area contributed by atoms with Crippen LogP contribution < -0.4 is 0 Å². The van der Waals surface area contributed by atoms with Gasteiger partial charge in [-0.3, -0.25) is 4.90 Å². The molecule has 1 aromatic rings. The average molecular weight is 296 g/mol. The second kappa shape index (κ2) is 6.93. The van der Waals surface area contributed by atoms with Gasteiger partial charge in [-0.2, -0.15) is 0 Å². The first-order valence-electron chi connectivity index (χ1n) is 7.71. The highest BCUT2D eigenvalue weighted by atomic mass is 35.5. The summed E-state index contributed by atoms with van der Waals surface area (Å²) in [6.45, 7) is 6.15. The van der Waals surface area contributed by atoms with Crippen molar-refractivity contribution in [1.82, 2.24) is 4.90 Å². The molecule has 1 saturated heterocycles. The summed E-state index contributed by atoms with van der Waals surface area (Å²) >= 11 is 0. The number of nitrogens with zero attached hydrogens (tertiary/aromatic N) is 1. The van der Waals surface area contributed by atoms with Gasteiger partial charge in [-0.05, 0) is 25.3 Å². The fraction of sp³-hybridized carbons (Fsp3) is 0.647. The van der Waals surface area contributed by atoms with Crippen LogP contribution in [0.5, 0.6) is 0 Å². The Labute approximate surface area is 128 Å². The van der Waals surface area contributed by atoms with Crippen LogP contribution in [0.1, 0.15) is 43.2 Å². The number of ether oxygens (including phenoxy) is 1. The van der Waals surface area contributed by atoms with E-state index in [0.717, 1.165) is 26.3 Å². The van der Waals surface area contributed by atoms with Gasteiger partial charge in [0.1, 0.15) is 0 Å². The monoisotopic (exact) mass is 295 g/mol. The van der Waals surface area contributed by atoms with E-state index >= 15 is 0 Å². The fourth-order valence-electron chi connectivity index (χ4n) is 3.78. The number of hydrogen-bond donors (Lipinski definition) is 0. The third-order valence-corrected chi connectivity index (χ3v) is 4.89. The molecule has 2 fully saturated rings. The topological polar surface area (TPSA) is 12.5 Å². The molecule has 2 aliphatic rings. The standard InChI is InChI=1S/C17H25NO.ClH/c1-15-5-7-16(8-6-15)17(9-3-2-4-10-17)18-11-13-19-14-12-18;/h5-8H,2-4,9-14H2,1H3;1H. The molecule has 0 radical (unpaired) electrons. The van der Waals surface area contributed by atoms with Gasteiger partial charge in [0.15, 0.2) is 0 Å². The summed E-state index contributed by atoms with van der Waals surface area (Å²) in [4.78, 5) is 2.69. The van der Waals surface area contributed by atoms with Gasteiger partial charge in [-0.25, -0.2) is 0 Å². The molecule has 0 unspecified atom stereocenters. The van der Waals surface area contributed by atoms with Crippen molar-refractivity contribution in [1.29, 1.82) is 0 Å². The van der Waals surface area contributed by atoms with Gasteiger partial charge >= 0.3 is 0 Å². The highest BCUT2D eigenvalue weighted by Crippen LogP contribution is 2.42. The molecule has 0 amide bonds. The lowest BCUT2D eigenvalue weighted by Gasteiger charge is -2.48.